The lowest BCUT2D eigenvalue weighted by Gasteiger charge is -2.42. The average molecular weight is 337 g/mol. The quantitative estimate of drug-likeness (QED) is 0.728. The highest BCUT2D eigenvalue weighted by molar-refractivity contribution is 5.21. The number of H-pyrrole nitrogens is 1. The normalized spacial score (nSPS) is 23.8. The van der Waals surface area contributed by atoms with Gasteiger partial charge in [0, 0.05) is 50.5 Å². The molecule has 0 amide bonds. The summed E-state index contributed by atoms with van der Waals surface area (Å²) in [6.07, 6.45) is 5.75. The lowest BCUT2D eigenvalue weighted by Crippen LogP contribution is -2.35. The van der Waals surface area contributed by atoms with Gasteiger partial charge in [-0.2, -0.15) is 5.10 Å². The zero-order valence-electron chi connectivity index (χ0n) is 16.2. The van der Waals surface area contributed by atoms with Crippen LogP contribution in [-0.4, -0.2) is 55.5 Å². The molecule has 1 heterocycles. The molecule has 0 saturated heterocycles. The molecule has 5 nitrogen and oxygen atoms in total. The van der Waals surface area contributed by atoms with E-state index >= 15 is 0 Å². The monoisotopic (exact) mass is 336 g/mol. The molecule has 1 fully saturated rings. The Kier molecular flexibility index (Phi) is 7.26. The van der Waals surface area contributed by atoms with E-state index in [0.717, 1.165) is 32.8 Å². The largest absolute Gasteiger partial charge is 0.381 e. The van der Waals surface area contributed by atoms with Crippen molar-refractivity contribution in [1.82, 2.24) is 20.4 Å². The van der Waals surface area contributed by atoms with E-state index in [1.54, 1.807) is 0 Å². The second kappa shape index (κ2) is 8.97. The molecule has 24 heavy (non-hydrogen) atoms. The fourth-order valence-corrected chi connectivity index (χ4v) is 3.81. The molecule has 1 aromatic heterocycles. The number of hydrogen-bond acceptors (Lipinski definition) is 4. The van der Waals surface area contributed by atoms with Crippen molar-refractivity contribution in [3.05, 3.63) is 17.5 Å². The molecular formula is C19H36N4O. The van der Waals surface area contributed by atoms with Crippen LogP contribution in [0.4, 0.5) is 0 Å². The summed E-state index contributed by atoms with van der Waals surface area (Å²) in [5.41, 5.74) is 3.00. The van der Waals surface area contributed by atoms with E-state index in [1.807, 2.05) is 7.05 Å². The van der Waals surface area contributed by atoms with Gasteiger partial charge >= 0.3 is 0 Å². The topological polar surface area (TPSA) is 53.2 Å². The van der Waals surface area contributed by atoms with Crippen molar-refractivity contribution in [2.45, 2.75) is 52.5 Å². The summed E-state index contributed by atoms with van der Waals surface area (Å²) >= 11 is 0. The Balaban J connectivity index is 2.02. The predicted octanol–water partition coefficient (Wildman–Crippen LogP) is 3.01. The molecule has 2 atom stereocenters. The molecule has 0 radical (unpaired) electrons. The van der Waals surface area contributed by atoms with Crippen molar-refractivity contribution < 1.29 is 4.74 Å². The summed E-state index contributed by atoms with van der Waals surface area (Å²) in [7, 11) is 4.18. The van der Waals surface area contributed by atoms with E-state index in [4.69, 9.17) is 4.74 Å². The van der Waals surface area contributed by atoms with Crippen LogP contribution in [0.2, 0.25) is 0 Å². The summed E-state index contributed by atoms with van der Waals surface area (Å²) < 4.78 is 5.77. The Bertz CT molecular complexity index is 485. The van der Waals surface area contributed by atoms with Gasteiger partial charge in [0.25, 0.3) is 0 Å². The zero-order chi connectivity index (χ0) is 17.6. The second-order valence-electron chi connectivity index (χ2n) is 7.95. The fraction of sp³-hybridized carbons (Fsp3) is 0.842. The van der Waals surface area contributed by atoms with Gasteiger partial charge in [0.1, 0.15) is 0 Å². The van der Waals surface area contributed by atoms with Gasteiger partial charge in [-0.05, 0) is 51.6 Å². The number of likely N-dealkylation sites (N-methyl/N-ethyl adjacent to an activating group) is 2. The minimum absolute atomic E-state index is 0.367. The van der Waals surface area contributed by atoms with Crippen LogP contribution in [0, 0.1) is 11.3 Å². The smallest absolute Gasteiger partial charge is 0.0698 e. The first-order valence-electron chi connectivity index (χ1n) is 9.41. The number of ether oxygens (including phenoxy) is 1. The Morgan fingerprint density at radius 1 is 1.46 bits per heavy atom. The van der Waals surface area contributed by atoms with Gasteiger partial charge in [-0.25, -0.2) is 0 Å². The summed E-state index contributed by atoms with van der Waals surface area (Å²) in [5, 5.41) is 11.0. The van der Waals surface area contributed by atoms with Crippen LogP contribution in [0.3, 0.4) is 0 Å². The SMILES string of the molecule is CCOC[C@@H]1CC(c2n[nH]cc2CN(C)CCNC)CCC1(C)C. The highest BCUT2D eigenvalue weighted by atomic mass is 16.5. The standard InChI is InChI=1S/C19H36N4O/c1-6-24-14-17-11-15(7-8-19(17,2)3)18-16(12-21-22-18)13-23(5)10-9-20-4/h12,15,17,20H,6-11,13-14H2,1-5H3,(H,21,22)/t15?,17-/m0/s1. The summed E-state index contributed by atoms with van der Waals surface area (Å²) in [4.78, 5) is 2.36. The molecular weight excluding hydrogens is 300 g/mol. The minimum atomic E-state index is 0.367. The van der Waals surface area contributed by atoms with Crippen molar-refractivity contribution >= 4 is 0 Å². The van der Waals surface area contributed by atoms with E-state index in [2.05, 4.69) is 54.4 Å². The lowest BCUT2D eigenvalue weighted by atomic mass is 9.65. The van der Waals surface area contributed by atoms with Gasteiger partial charge in [-0.3, -0.25) is 5.10 Å². The molecule has 2 N–H and O–H groups in total. The molecule has 0 bridgehead atoms. The molecule has 1 aliphatic carbocycles. The maximum Gasteiger partial charge on any atom is 0.0698 e. The summed E-state index contributed by atoms with van der Waals surface area (Å²) in [5.74, 6) is 1.17. The van der Waals surface area contributed by atoms with Crippen LogP contribution in [0.1, 0.15) is 57.2 Å². The van der Waals surface area contributed by atoms with E-state index in [9.17, 15) is 0 Å². The van der Waals surface area contributed by atoms with Gasteiger partial charge in [0.2, 0.25) is 0 Å². The van der Waals surface area contributed by atoms with Gasteiger partial charge in [0.15, 0.2) is 0 Å². The van der Waals surface area contributed by atoms with Gasteiger partial charge in [-0.1, -0.05) is 13.8 Å². The van der Waals surface area contributed by atoms with E-state index in [-0.39, 0.29) is 0 Å². The van der Waals surface area contributed by atoms with Crippen LogP contribution in [0.15, 0.2) is 6.20 Å². The molecule has 0 aliphatic heterocycles. The maximum atomic E-state index is 5.77. The van der Waals surface area contributed by atoms with Crippen molar-refractivity contribution in [3.8, 4) is 0 Å². The number of aromatic nitrogens is 2. The van der Waals surface area contributed by atoms with Crippen molar-refractivity contribution in [3.63, 3.8) is 0 Å². The fourth-order valence-electron chi connectivity index (χ4n) is 3.81. The Hall–Kier alpha value is -0.910. The molecule has 5 heteroatoms. The Labute approximate surface area is 147 Å². The third kappa shape index (κ3) is 5.04. The first-order chi connectivity index (χ1) is 11.5. The molecule has 0 aromatic carbocycles. The number of rotatable bonds is 9. The molecule has 1 unspecified atom stereocenters. The van der Waals surface area contributed by atoms with E-state index in [1.165, 1.54) is 30.5 Å². The molecule has 1 aliphatic rings. The van der Waals surface area contributed by atoms with Crippen molar-refractivity contribution in [2.75, 3.05) is 40.4 Å². The number of nitrogens with zero attached hydrogens (tertiary/aromatic N) is 2. The number of hydrogen-bond donors (Lipinski definition) is 2. The molecule has 1 saturated carbocycles. The predicted molar refractivity (Wildman–Crippen MR) is 99.2 cm³/mol. The van der Waals surface area contributed by atoms with Crippen LogP contribution in [0.25, 0.3) is 0 Å². The molecule has 1 aromatic rings. The van der Waals surface area contributed by atoms with Gasteiger partial charge < -0.3 is 15.0 Å². The first kappa shape index (κ1) is 19.4. The van der Waals surface area contributed by atoms with Crippen molar-refractivity contribution in [1.29, 1.82) is 0 Å². The molecule has 2 rings (SSSR count). The Morgan fingerprint density at radius 2 is 2.25 bits per heavy atom. The molecule has 0 spiro atoms. The van der Waals surface area contributed by atoms with Crippen LogP contribution in [0.5, 0.6) is 0 Å². The van der Waals surface area contributed by atoms with Gasteiger partial charge in [-0.15, -0.1) is 0 Å². The van der Waals surface area contributed by atoms with Crippen molar-refractivity contribution in [2.24, 2.45) is 11.3 Å². The summed E-state index contributed by atoms with van der Waals surface area (Å²) in [6, 6.07) is 0. The van der Waals surface area contributed by atoms with Gasteiger partial charge in [0.05, 0.1) is 5.69 Å². The third-order valence-electron chi connectivity index (χ3n) is 5.66. The van der Waals surface area contributed by atoms with E-state index < -0.39 is 0 Å². The number of nitrogens with one attached hydrogen (secondary N) is 2. The zero-order valence-corrected chi connectivity index (χ0v) is 16.2. The Morgan fingerprint density at radius 3 is 2.96 bits per heavy atom. The first-order valence-corrected chi connectivity index (χ1v) is 9.41. The number of aromatic amines is 1. The van der Waals surface area contributed by atoms with Crippen LogP contribution < -0.4 is 5.32 Å². The highest BCUT2D eigenvalue weighted by Gasteiger charge is 2.38. The maximum absolute atomic E-state index is 5.77. The second-order valence-corrected chi connectivity index (χ2v) is 7.95. The molecule has 138 valence electrons. The van der Waals surface area contributed by atoms with E-state index in [0.29, 0.717) is 17.3 Å². The average Bonchev–Trinajstić information content (AvgIpc) is 2.99. The minimum Gasteiger partial charge on any atom is -0.381 e. The highest BCUT2D eigenvalue weighted by Crippen LogP contribution is 2.46. The lowest BCUT2D eigenvalue weighted by molar-refractivity contribution is 0.0223. The third-order valence-corrected chi connectivity index (χ3v) is 5.66. The van der Waals surface area contributed by atoms with Crippen LogP contribution >= 0.6 is 0 Å². The summed E-state index contributed by atoms with van der Waals surface area (Å²) in [6.45, 7) is 11.6. The van der Waals surface area contributed by atoms with Crippen LogP contribution in [-0.2, 0) is 11.3 Å².